The summed E-state index contributed by atoms with van der Waals surface area (Å²) in [7, 11) is 0. The highest BCUT2D eigenvalue weighted by Crippen LogP contribution is 2.41. The van der Waals surface area contributed by atoms with Crippen molar-refractivity contribution in [2.24, 2.45) is 5.73 Å². The SMILES string of the molecule is CCc1cccc2c(C3C(=O)Nc4cnccc4N3OC(C)=O)cn(CCCN)c12. The number of benzene rings is 1. The van der Waals surface area contributed by atoms with E-state index in [2.05, 4.69) is 27.9 Å². The van der Waals surface area contributed by atoms with E-state index in [0.717, 1.165) is 35.9 Å². The molecule has 1 atom stereocenters. The maximum Gasteiger partial charge on any atom is 0.329 e. The van der Waals surface area contributed by atoms with Crippen LogP contribution in [0.4, 0.5) is 11.4 Å². The molecule has 2 aromatic heterocycles. The van der Waals surface area contributed by atoms with Crippen molar-refractivity contribution in [3.05, 3.63) is 54.0 Å². The number of carbonyl (C=O) groups excluding carboxylic acids is 2. The van der Waals surface area contributed by atoms with Gasteiger partial charge in [0.15, 0.2) is 6.04 Å². The van der Waals surface area contributed by atoms with Gasteiger partial charge in [-0.3, -0.25) is 14.6 Å². The Morgan fingerprint density at radius 1 is 1.33 bits per heavy atom. The van der Waals surface area contributed by atoms with Crippen LogP contribution in [0.1, 0.15) is 37.4 Å². The summed E-state index contributed by atoms with van der Waals surface area (Å²) in [5.74, 6) is -0.782. The third-order valence-corrected chi connectivity index (χ3v) is 5.29. The largest absolute Gasteiger partial charge is 0.347 e. The fourth-order valence-corrected chi connectivity index (χ4v) is 4.04. The van der Waals surface area contributed by atoms with Gasteiger partial charge >= 0.3 is 5.97 Å². The molecule has 30 heavy (non-hydrogen) atoms. The number of pyridine rings is 1. The van der Waals surface area contributed by atoms with E-state index in [4.69, 9.17) is 10.6 Å². The first-order valence-electron chi connectivity index (χ1n) is 10.1. The molecular weight excluding hydrogens is 382 g/mol. The fourth-order valence-electron chi connectivity index (χ4n) is 4.04. The molecule has 0 spiro atoms. The van der Waals surface area contributed by atoms with Crippen LogP contribution >= 0.6 is 0 Å². The number of anilines is 2. The Kier molecular flexibility index (Phi) is 5.41. The number of hydrogen-bond donors (Lipinski definition) is 2. The number of carbonyl (C=O) groups is 2. The Labute approximate surface area is 174 Å². The first-order chi connectivity index (χ1) is 14.5. The lowest BCUT2D eigenvalue weighted by Gasteiger charge is -2.35. The molecule has 3 N–H and O–H groups in total. The molecule has 0 aliphatic carbocycles. The van der Waals surface area contributed by atoms with E-state index in [0.29, 0.717) is 17.9 Å². The highest BCUT2D eigenvalue weighted by molar-refractivity contribution is 6.06. The van der Waals surface area contributed by atoms with Crippen molar-refractivity contribution in [3.8, 4) is 0 Å². The zero-order valence-corrected chi connectivity index (χ0v) is 17.1. The summed E-state index contributed by atoms with van der Waals surface area (Å²) in [6, 6.07) is 6.99. The van der Waals surface area contributed by atoms with E-state index >= 15 is 0 Å². The average molecular weight is 407 g/mol. The van der Waals surface area contributed by atoms with Crippen LogP contribution in [0.15, 0.2) is 42.9 Å². The van der Waals surface area contributed by atoms with Crippen molar-refractivity contribution in [3.63, 3.8) is 0 Å². The van der Waals surface area contributed by atoms with Gasteiger partial charge in [-0.2, -0.15) is 5.06 Å². The molecule has 156 valence electrons. The van der Waals surface area contributed by atoms with Crippen LogP contribution in [0, 0.1) is 0 Å². The van der Waals surface area contributed by atoms with Crippen LogP contribution in [0.2, 0.25) is 0 Å². The highest BCUT2D eigenvalue weighted by atomic mass is 16.7. The minimum absolute atomic E-state index is 0.281. The van der Waals surface area contributed by atoms with E-state index in [-0.39, 0.29) is 5.91 Å². The van der Waals surface area contributed by atoms with Crippen molar-refractivity contribution in [2.45, 2.75) is 39.3 Å². The maximum absolute atomic E-state index is 13.2. The molecule has 0 radical (unpaired) electrons. The number of hydroxylamine groups is 1. The van der Waals surface area contributed by atoms with Gasteiger partial charge in [-0.15, -0.1) is 0 Å². The van der Waals surface area contributed by atoms with Gasteiger partial charge in [0.1, 0.15) is 5.69 Å². The summed E-state index contributed by atoms with van der Waals surface area (Å²) in [5, 5.41) is 5.24. The van der Waals surface area contributed by atoms with Crippen molar-refractivity contribution >= 4 is 34.2 Å². The quantitative estimate of drug-likeness (QED) is 0.651. The Balaban J connectivity index is 1.91. The molecule has 8 nitrogen and oxygen atoms in total. The van der Waals surface area contributed by atoms with Crippen molar-refractivity contribution in [2.75, 3.05) is 16.9 Å². The molecule has 3 heterocycles. The predicted molar refractivity (Wildman–Crippen MR) is 115 cm³/mol. The third kappa shape index (κ3) is 3.39. The maximum atomic E-state index is 13.2. The topological polar surface area (TPSA) is 102 Å². The van der Waals surface area contributed by atoms with Crippen LogP contribution in [-0.2, 0) is 27.4 Å². The van der Waals surface area contributed by atoms with Gasteiger partial charge in [0, 0.05) is 36.8 Å². The summed E-state index contributed by atoms with van der Waals surface area (Å²) in [6.07, 6.45) is 6.80. The summed E-state index contributed by atoms with van der Waals surface area (Å²) in [4.78, 5) is 34.6. The zero-order valence-electron chi connectivity index (χ0n) is 17.1. The first kappa shape index (κ1) is 19.9. The number of para-hydroxylation sites is 1. The highest BCUT2D eigenvalue weighted by Gasteiger charge is 2.39. The number of fused-ring (bicyclic) bond motifs is 2. The Morgan fingerprint density at radius 2 is 2.17 bits per heavy atom. The summed E-state index contributed by atoms with van der Waals surface area (Å²) >= 11 is 0. The lowest BCUT2D eigenvalue weighted by molar-refractivity contribution is -0.144. The van der Waals surface area contributed by atoms with Gasteiger partial charge in [0.05, 0.1) is 17.4 Å². The van der Waals surface area contributed by atoms with E-state index in [9.17, 15) is 9.59 Å². The van der Waals surface area contributed by atoms with Crippen molar-refractivity contribution < 1.29 is 14.4 Å². The minimum Gasteiger partial charge on any atom is -0.347 e. The van der Waals surface area contributed by atoms with Crippen LogP contribution in [0.5, 0.6) is 0 Å². The van der Waals surface area contributed by atoms with Crippen molar-refractivity contribution in [1.29, 1.82) is 0 Å². The molecule has 3 aromatic rings. The summed E-state index contributed by atoms with van der Waals surface area (Å²) in [5.41, 5.74) is 9.88. The predicted octanol–water partition coefficient (Wildman–Crippen LogP) is 2.93. The summed E-state index contributed by atoms with van der Waals surface area (Å²) < 4.78 is 2.15. The molecule has 0 fully saturated rings. The number of hydrogen-bond acceptors (Lipinski definition) is 6. The van der Waals surface area contributed by atoms with Gasteiger partial charge in [0.2, 0.25) is 0 Å². The van der Waals surface area contributed by atoms with Crippen LogP contribution in [0.25, 0.3) is 10.9 Å². The number of nitrogens with zero attached hydrogens (tertiary/aromatic N) is 3. The lowest BCUT2D eigenvalue weighted by Crippen LogP contribution is -2.42. The van der Waals surface area contributed by atoms with Gasteiger partial charge in [-0.05, 0) is 31.0 Å². The van der Waals surface area contributed by atoms with Gasteiger partial charge in [0.25, 0.3) is 5.91 Å². The average Bonchev–Trinajstić information content (AvgIpc) is 3.10. The number of amides is 1. The van der Waals surface area contributed by atoms with Crippen molar-refractivity contribution in [1.82, 2.24) is 9.55 Å². The van der Waals surface area contributed by atoms with E-state index in [1.54, 1.807) is 18.5 Å². The molecule has 1 aromatic carbocycles. The molecule has 0 bridgehead atoms. The zero-order chi connectivity index (χ0) is 21.3. The normalized spacial score (nSPS) is 15.8. The number of rotatable bonds is 6. The van der Waals surface area contributed by atoms with E-state index in [1.165, 1.54) is 17.6 Å². The monoisotopic (exact) mass is 407 g/mol. The van der Waals surface area contributed by atoms with Crippen LogP contribution in [-0.4, -0.2) is 28.0 Å². The molecule has 1 amide bonds. The van der Waals surface area contributed by atoms with Crippen LogP contribution in [0.3, 0.4) is 0 Å². The molecule has 1 aliphatic heterocycles. The fraction of sp³-hybridized carbons (Fsp3) is 0.318. The Morgan fingerprint density at radius 3 is 2.90 bits per heavy atom. The number of nitrogens with two attached hydrogens (primary N) is 1. The molecule has 1 unspecified atom stereocenters. The molecule has 1 aliphatic rings. The first-order valence-corrected chi connectivity index (χ1v) is 10.1. The standard InChI is InChI=1S/C22H25N5O3/c1-3-15-6-4-7-16-17(13-26(20(15)16)11-5-9-23)21-22(29)25-18-12-24-10-8-19(18)27(21)30-14(2)28/h4,6-8,10,12-13,21H,3,5,9,11,23H2,1-2H3,(H,25,29). The summed E-state index contributed by atoms with van der Waals surface area (Å²) in [6.45, 7) is 4.75. The van der Waals surface area contributed by atoms with Gasteiger partial charge < -0.3 is 20.5 Å². The Hall–Kier alpha value is -3.39. The molecule has 4 rings (SSSR count). The lowest BCUT2D eigenvalue weighted by atomic mass is 10.00. The van der Waals surface area contributed by atoms with E-state index < -0.39 is 12.0 Å². The van der Waals surface area contributed by atoms with E-state index in [1.807, 2.05) is 18.3 Å². The third-order valence-electron chi connectivity index (χ3n) is 5.29. The minimum atomic E-state index is -0.822. The second kappa shape index (κ2) is 8.16. The number of nitrogens with one attached hydrogen (secondary N) is 1. The van der Waals surface area contributed by atoms with Gasteiger partial charge in [-0.25, -0.2) is 0 Å². The molecule has 0 saturated carbocycles. The smallest absolute Gasteiger partial charge is 0.329 e. The molecular formula is C22H25N5O3. The number of aromatic nitrogens is 2. The molecule has 0 saturated heterocycles. The molecule has 8 heteroatoms. The number of aryl methyl sites for hydroxylation is 2. The Bertz CT molecular complexity index is 1110. The second-order valence-corrected chi connectivity index (χ2v) is 7.28. The van der Waals surface area contributed by atoms with Crippen LogP contribution < -0.4 is 16.1 Å². The second-order valence-electron chi connectivity index (χ2n) is 7.28. The van der Waals surface area contributed by atoms with Gasteiger partial charge in [-0.1, -0.05) is 25.1 Å².